The van der Waals surface area contributed by atoms with Crippen molar-refractivity contribution >= 4 is 28.8 Å². The number of rotatable bonds is 4. The summed E-state index contributed by atoms with van der Waals surface area (Å²) in [6.45, 7) is 5.90. The van der Waals surface area contributed by atoms with Gasteiger partial charge in [-0.3, -0.25) is 4.79 Å². The number of aromatic nitrogens is 3. The Hall–Kier alpha value is -3.18. The number of hydrogen-bond acceptors (Lipinski definition) is 3. The van der Waals surface area contributed by atoms with Crippen molar-refractivity contribution in [1.29, 1.82) is 0 Å². The smallest absolute Gasteiger partial charge is 0.228 e. The fourth-order valence-electron chi connectivity index (χ4n) is 3.60. The van der Waals surface area contributed by atoms with E-state index in [1.165, 1.54) is 0 Å². The van der Waals surface area contributed by atoms with Crippen LogP contribution in [0.15, 0.2) is 54.6 Å². The van der Waals surface area contributed by atoms with Crippen molar-refractivity contribution in [2.75, 3.05) is 5.32 Å². The molecule has 4 aromatic rings. The number of fused-ring (bicyclic) bond motifs is 1. The van der Waals surface area contributed by atoms with Gasteiger partial charge in [0.1, 0.15) is 0 Å². The maximum Gasteiger partial charge on any atom is 0.228 e. The molecule has 5 nitrogen and oxygen atoms in total. The Bertz CT molecular complexity index is 1210. The van der Waals surface area contributed by atoms with Gasteiger partial charge in [0.05, 0.1) is 12.1 Å². The zero-order valence-electron chi connectivity index (χ0n) is 16.5. The first-order valence-corrected chi connectivity index (χ1v) is 9.78. The largest absolute Gasteiger partial charge is 0.326 e. The molecular formula is C23H21ClN4O. The first-order chi connectivity index (χ1) is 13.9. The van der Waals surface area contributed by atoms with Gasteiger partial charge in [-0.2, -0.15) is 5.10 Å². The van der Waals surface area contributed by atoms with Crippen LogP contribution in [0, 0.1) is 20.8 Å². The molecule has 6 heteroatoms. The third-order valence-electron chi connectivity index (χ3n) is 5.01. The van der Waals surface area contributed by atoms with E-state index in [1.807, 2.05) is 49.6 Å². The van der Waals surface area contributed by atoms with E-state index in [0.29, 0.717) is 10.7 Å². The van der Waals surface area contributed by atoms with Crippen molar-refractivity contribution < 1.29 is 4.79 Å². The first kappa shape index (κ1) is 19.2. The lowest BCUT2D eigenvalue weighted by Crippen LogP contribution is -2.17. The molecule has 0 fully saturated rings. The molecule has 2 heterocycles. The van der Waals surface area contributed by atoms with Crippen molar-refractivity contribution in [3.05, 3.63) is 82.3 Å². The Morgan fingerprint density at radius 3 is 2.52 bits per heavy atom. The standard InChI is InChI=1S/C23H21ClN4O/c1-14-20(13-21(29)26-19-11-7-10-18(24)12-19)16(3)28-23(25-14)22(15(2)27-28)17-8-5-4-6-9-17/h4-12H,13H2,1-3H3,(H,26,29). The summed E-state index contributed by atoms with van der Waals surface area (Å²) in [5, 5.41) is 8.18. The Kier molecular flexibility index (Phi) is 5.07. The number of carbonyl (C=O) groups is 1. The van der Waals surface area contributed by atoms with Crippen LogP contribution < -0.4 is 5.32 Å². The van der Waals surface area contributed by atoms with Gasteiger partial charge in [0.25, 0.3) is 0 Å². The quantitative estimate of drug-likeness (QED) is 0.511. The molecule has 29 heavy (non-hydrogen) atoms. The van der Waals surface area contributed by atoms with Gasteiger partial charge in [-0.25, -0.2) is 9.50 Å². The van der Waals surface area contributed by atoms with Gasteiger partial charge < -0.3 is 5.32 Å². The summed E-state index contributed by atoms with van der Waals surface area (Å²) in [5.74, 6) is -0.119. The van der Waals surface area contributed by atoms with Crippen LogP contribution >= 0.6 is 11.6 Å². The molecule has 0 saturated heterocycles. The number of halogens is 1. The average Bonchev–Trinajstić information content (AvgIpc) is 3.02. The number of nitrogens with zero attached hydrogens (tertiary/aromatic N) is 3. The highest BCUT2D eigenvalue weighted by molar-refractivity contribution is 6.30. The van der Waals surface area contributed by atoms with Crippen LogP contribution in [0.3, 0.4) is 0 Å². The van der Waals surface area contributed by atoms with Gasteiger partial charge >= 0.3 is 0 Å². The highest BCUT2D eigenvalue weighted by Crippen LogP contribution is 2.29. The number of benzene rings is 2. The summed E-state index contributed by atoms with van der Waals surface area (Å²) in [7, 11) is 0. The van der Waals surface area contributed by atoms with E-state index >= 15 is 0 Å². The minimum absolute atomic E-state index is 0.119. The summed E-state index contributed by atoms with van der Waals surface area (Å²) < 4.78 is 1.84. The molecule has 0 radical (unpaired) electrons. The second kappa shape index (κ2) is 7.68. The van der Waals surface area contributed by atoms with Gasteiger partial charge in [-0.15, -0.1) is 0 Å². The van der Waals surface area contributed by atoms with E-state index in [4.69, 9.17) is 21.7 Å². The number of nitrogens with one attached hydrogen (secondary N) is 1. The highest BCUT2D eigenvalue weighted by Gasteiger charge is 2.19. The van der Waals surface area contributed by atoms with Crippen molar-refractivity contribution in [3.63, 3.8) is 0 Å². The Balaban J connectivity index is 1.70. The lowest BCUT2D eigenvalue weighted by atomic mass is 10.1. The van der Waals surface area contributed by atoms with Crippen LogP contribution in [-0.4, -0.2) is 20.5 Å². The van der Waals surface area contributed by atoms with Gasteiger partial charge in [0.2, 0.25) is 5.91 Å². The molecule has 146 valence electrons. The van der Waals surface area contributed by atoms with E-state index in [-0.39, 0.29) is 12.3 Å². The van der Waals surface area contributed by atoms with Crippen LogP contribution in [0.4, 0.5) is 5.69 Å². The minimum Gasteiger partial charge on any atom is -0.326 e. The molecule has 0 saturated carbocycles. The lowest BCUT2D eigenvalue weighted by Gasteiger charge is -2.12. The van der Waals surface area contributed by atoms with Crippen LogP contribution in [0.5, 0.6) is 0 Å². The molecule has 0 bridgehead atoms. The first-order valence-electron chi connectivity index (χ1n) is 9.40. The number of hydrogen-bond donors (Lipinski definition) is 1. The van der Waals surface area contributed by atoms with Crippen LogP contribution in [0.1, 0.15) is 22.6 Å². The fourth-order valence-corrected chi connectivity index (χ4v) is 3.79. The minimum atomic E-state index is -0.119. The monoisotopic (exact) mass is 404 g/mol. The molecule has 1 N–H and O–H groups in total. The zero-order valence-corrected chi connectivity index (χ0v) is 17.3. The van der Waals surface area contributed by atoms with E-state index in [1.54, 1.807) is 18.2 Å². The lowest BCUT2D eigenvalue weighted by molar-refractivity contribution is -0.115. The molecule has 1 amide bonds. The number of amides is 1. The molecular weight excluding hydrogens is 384 g/mol. The topological polar surface area (TPSA) is 59.3 Å². The number of anilines is 1. The maximum absolute atomic E-state index is 12.6. The van der Waals surface area contributed by atoms with Gasteiger partial charge in [0, 0.05) is 33.2 Å². The van der Waals surface area contributed by atoms with Crippen molar-refractivity contribution in [2.24, 2.45) is 0 Å². The SMILES string of the molecule is Cc1nc2c(-c3ccccc3)c(C)nn2c(C)c1CC(=O)Nc1cccc(Cl)c1. The van der Waals surface area contributed by atoms with Crippen LogP contribution in [0.2, 0.25) is 5.02 Å². The Labute approximate surface area is 174 Å². The summed E-state index contributed by atoms with van der Waals surface area (Å²) >= 11 is 6.00. The summed E-state index contributed by atoms with van der Waals surface area (Å²) in [6, 6.07) is 17.2. The maximum atomic E-state index is 12.6. The Morgan fingerprint density at radius 2 is 1.79 bits per heavy atom. The molecule has 0 aliphatic heterocycles. The van der Waals surface area contributed by atoms with Crippen LogP contribution in [-0.2, 0) is 11.2 Å². The second-order valence-corrected chi connectivity index (χ2v) is 7.49. The van der Waals surface area contributed by atoms with E-state index in [0.717, 1.165) is 39.4 Å². The molecule has 0 unspecified atom stereocenters. The summed E-state index contributed by atoms with van der Waals surface area (Å²) in [6.07, 6.45) is 0.215. The molecule has 4 rings (SSSR count). The second-order valence-electron chi connectivity index (χ2n) is 7.06. The fraction of sp³-hybridized carbons (Fsp3) is 0.174. The van der Waals surface area contributed by atoms with Gasteiger partial charge in [-0.1, -0.05) is 48.0 Å². The van der Waals surface area contributed by atoms with Gasteiger partial charge in [-0.05, 0) is 44.5 Å². The predicted octanol–water partition coefficient (Wildman–Crippen LogP) is 5.16. The number of aryl methyl sites for hydroxylation is 3. The third-order valence-corrected chi connectivity index (χ3v) is 5.24. The zero-order chi connectivity index (χ0) is 20.5. The normalized spacial score (nSPS) is 11.0. The van der Waals surface area contributed by atoms with Gasteiger partial charge in [0.15, 0.2) is 5.65 Å². The highest BCUT2D eigenvalue weighted by atomic mass is 35.5. The molecule has 0 spiro atoms. The van der Waals surface area contributed by atoms with E-state index in [9.17, 15) is 4.79 Å². The van der Waals surface area contributed by atoms with Crippen molar-refractivity contribution in [3.8, 4) is 11.1 Å². The molecule has 2 aromatic heterocycles. The molecule has 0 aliphatic rings. The van der Waals surface area contributed by atoms with E-state index < -0.39 is 0 Å². The summed E-state index contributed by atoms with van der Waals surface area (Å²) in [5.41, 5.74) is 7.11. The Morgan fingerprint density at radius 1 is 1.03 bits per heavy atom. The summed E-state index contributed by atoms with van der Waals surface area (Å²) in [4.78, 5) is 17.4. The average molecular weight is 405 g/mol. The van der Waals surface area contributed by atoms with Crippen molar-refractivity contribution in [1.82, 2.24) is 14.6 Å². The van der Waals surface area contributed by atoms with Crippen LogP contribution in [0.25, 0.3) is 16.8 Å². The molecule has 2 aromatic carbocycles. The predicted molar refractivity (Wildman–Crippen MR) is 116 cm³/mol. The number of carbonyl (C=O) groups excluding carboxylic acids is 1. The third kappa shape index (κ3) is 3.74. The van der Waals surface area contributed by atoms with E-state index in [2.05, 4.69) is 17.4 Å². The molecule has 0 aliphatic carbocycles. The van der Waals surface area contributed by atoms with Crippen molar-refractivity contribution in [2.45, 2.75) is 27.2 Å². The molecule has 0 atom stereocenters.